The molecule has 22 heavy (non-hydrogen) atoms. The van der Waals surface area contributed by atoms with Crippen LogP contribution in [-0.2, 0) is 9.53 Å². The van der Waals surface area contributed by atoms with Gasteiger partial charge in [-0.25, -0.2) is 9.18 Å². The van der Waals surface area contributed by atoms with Crippen molar-refractivity contribution in [1.29, 1.82) is 0 Å². The second kappa shape index (κ2) is 7.38. The zero-order chi connectivity index (χ0) is 16.9. The lowest BCUT2D eigenvalue weighted by atomic mass is 10.0. The number of benzene rings is 1. The van der Waals surface area contributed by atoms with Crippen molar-refractivity contribution in [3.63, 3.8) is 0 Å². The van der Waals surface area contributed by atoms with Crippen molar-refractivity contribution in [2.75, 3.05) is 0 Å². The van der Waals surface area contributed by atoms with Crippen LogP contribution in [0.4, 0.5) is 4.39 Å². The van der Waals surface area contributed by atoms with Crippen LogP contribution in [-0.4, -0.2) is 17.5 Å². The molecule has 0 amide bonds. The van der Waals surface area contributed by atoms with Crippen molar-refractivity contribution < 1.29 is 23.5 Å². The number of hydrogen-bond donors (Lipinski definition) is 0. The molecule has 0 aromatic heterocycles. The van der Waals surface area contributed by atoms with E-state index in [-0.39, 0.29) is 17.2 Å². The van der Waals surface area contributed by atoms with Gasteiger partial charge in [0.25, 0.3) is 0 Å². The fourth-order valence-electron chi connectivity index (χ4n) is 1.90. The van der Waals surface area contributed by atoms with Gasteiger partial charge in [0.2, 0.25) is 0 Å². The molecule has 5 heteroatoms. The molecule has 0 N–H and O–H groups in total. The van der Waals surface area contributed by atoms with Gasteiger partial charge in [-0.1, -0.05) is 13.8 Å². The van der Waals surface area contributed by atoms with E-state index in [9.17, 15) is 14.0 Å². The van der Waals surface area contributed by atoms with Gasteiger partial charge in [-0.3, -0.25) is 4.79 Å². The first-order valence-electron chi connectivity index (χ1n) is 7.42. The zero-order valence-corrected chi connectivity index (χ0v) is 13.7. The van der Waals surface area contributed by atoms with Crippen molar-refractivity contribution in [3.05, 3.63) is 29.6 Å². The second-order valence-corrected chi connectivity index (χ2v) is 6.08. The van der Waals surface area contributed by atoms with Crippen molar-refractivity contribution in [2.24, 2.45) is 5.92 Å². The molecule has 0 aliphatic carbocycles. The summed E-state index contributed by atoms with van der Waals surface area (Å²) >= 11 is 0. The molecule has 1 rings (SSSR count). The highest BCUT2D eigenvalue weighted by Gasteiger charge is 2.24. The number of halogens is 1. The van der Waals surface area contributed by atoms with E-state index in [0.717, 1.165) is 12.1 Å². The van der Waals surface area contributed by atoms with Crippen LogP contribution in [0.3, 0.4) is 0 Å². The molecule has 4 nitrogen and oxygen atoms in total. The molecule has 1 aromatic carbocycles. The Morgan fingerprint density at radius 2 is 1.77 bits per heavy atom. The lowest BCUT2D eigenvalue weighted by molar-refractivity contribution is -0.139. The molecule has 0 saturated heterocycles. The summed E-state index contributed by atoms with van der Waals surface area (Å²) in [6, 6.07) is 3.43. The number of ether oxygens (including phenoxy) is 2. The Morgan fingerprint density at radius 3 is 2.27 bits per heavy atom. The highest BCUT2D eigenvalue weighted by Crippen LogP contribution is 2.24. The lowest BCUT2D eigenvalue weighted by Crippen LogP contribution is -2.25. The fraction of sp³-hybridized carbons (Fsp3) is 0.529. The van der Waals surface area contributed by atoms with E-state index in [1.165, 1.54) is 6.07 Å². The van der Waals surface area contributed by atoms with Crippen molar-refractivity contribution >= 4 is 11.9 Å². The number of rotatable bonds is 5. The fourth-order valence-corrected chi connectivity index (χ4v) is 1.90. The Morgan fingerprint density at radius 1 is 1.18 bits per heavy atom. The average molecular weight is 310 g/mol. The predicted octanol–water partition coefficient (Wildman–Crippen LogP) is 4.12. The van der Waals surface area contributed by atoms with Gasteiger partial charge in [0.05, 0.1) is 5.92 Å². The van der Waals surface area contributed by atoms with Crippen LogP contribution in [0.25, 0.3) is 0 Å². The van der Waals surface area contributed by atoms with Gasteiger partial charge in [-0.2, -0.15) is 0 Å². The third kappa shape index (κ3) is 5.13. The summed E-state index contributed by atoms with van der Waals surface area (Å²) in [5.41, 5.74) is -0.811. The molecule has 0 unspecified atom stereocenters. The summed E-state index contributed by atoms with van der Waals surface area (Å²) in [6.45, 7) is 8.89. The van der Waals surface area contributed by atoms with Crippen LogP contribution < -0.4 is 4.74 Å². The quantitative estimate of drug-likeness (QED) is 0.606. The van der Waals surface area contributed by atoms with Crippen LogP contribution >= 0.6 is 0 Å². The molecule has 0 atom stereocenters. The molecule has 1 aromatic rings. The minimum Gasteiger partial charge on any atom is -0.456 e. The average Bonchev–Trinajstić information content (AvgIpc) is 2.40. The summed E-state index contributed by atoms with van der Waals surface area (Å²) in [7, 11) is 0. The molecular weight excluding hydrogens is 287 g/mol. The van der Waals surface area contributed by atoms with Crippen LogP contribution in [0.5, 0.6) is 5.75 Å². The van der Waals surface area contributed by atoms with Gasteiger partial charge < -0.3 is 9.47 Å². The van der Waals surface area contributed by atoms with Crippen molar-refractivity contribution in [3.8, 4) is 5.75 Å². The number of hydrogen-bond acceptors (Lipinski definition) is 4. The zero-order valence-electron chi connectivity index (χ0n) is 13.7. The van der Waals surface area contributed by atoms with Gasteiger partial charge in [0, 0.05) is 0 Å². The molecule has 0 radical (unpaired) electrons. The number of carbonyl (C=O) groups excluding carboxylic acids is 2. The molecular formula is C17H23FO4. The number of carbonyl (C=O) groups is 2. The maximum Gasteiger partial charge on any atom is 0.342 e. The molecule has 0 aliphatic heterocycles. The highest BCUT2D eigenvalue weighted by molar-refractivity contribution is 5.93. The second-order valence-electron chi connectivity index (χ2n) is 6.08. The lowest BCUT2D eigenvalue weighted by Gasteiger charge is -2.20. The largest absolute Gasteiger partial charge is 0.456 e. The Bertz CT molecular complexity index is 542. The monoisotopic (exact) mass is 310 g/mol. The summed E-state index contributed by atoms with van der Waals surface area (Å²) < 4.78 is 23.9. The smallest absolute Gasteiger partial charge is 0.342 e. The van der Waals surface area contributed by atoms with E-state index in [4.69, 9.17) is 9.47 Å². The Hall–Kier alpha value is -1.91. The predicted molar refractivity (Wildman–Crippen MR) is 81.3 cm³/mol. The molecule has 0 saturated carbocycles. The highest BCUT2D eigenvalue weighted by atomic mass is 19.1. The van der Waals surface area contributed by atoms with E-state index in [1.54, 1.807) is 20.8 Å². The first kappa shape index (κ1) is 18.1. The summed E-state index contributed by atoms with van der Waals surface area (Å²) in [6.07, 6.45) is 1.27. The first-order chi connectivity index (χ1) is 10.2. The van der Waals surface area contributed by atoms with Crippen molar-refractivity contribution in [2.45, 2.75) is 53.1 Å². The van der Waals surface area contributed by atoms with Gasteiger partial charge in [0.1, 0.15) is 22.7 Å². The standard InChI is InChI=1S/C17H23FO4/c1-6-11(7-2)15(19)21-14-9-8-12(18)10-13(14)16(20)22-17(3,4)5/h8-11H,6-7H2,1-5H3. The minimum absolute atomic E-state index is 0.0209. The third-order valence-electron chi connectivity index (χ3n) is 3.09. The van der Waals surface area contributed by atoms with E-state index in [0.29, 0.717) is 12.8 Å². The summed E-state index contributed by atoms with van der Waals surface area (Å²) in [5.74, 6) is -1.98. The van der Waals surface area contributed by atoms with Gasteiger partial charge >= 0.3 is 11.9 Å². The Kier molecular flexibility index (Phi) is 6.09. The molecule has 0 fully saturated rings. The SMILES string of the molecule is CCC(CC)C(=O)Oc1ccc(F)cc1C(=O)OC(C)(C)C. The minimum atomic E-state index is -0.723. The third-order valence-corrected chi connectivity index (χ3v) is 3.09. The topological polar surface area (TPSA) is 52.6 Å². The molecule has 122 valence electrons. The molecule has 0 heterocycles. The van der Waals surface area contributed by atoms with Gasteiger partial charge in [-0.05, 0) is 51.8 Å². The Balaban J connectivity index is 3.05. The maximum atomic E-state index is 13.4. The normalized spacial score (nSPS) is 11.4. The van der Waals surface area contributed by atoms with Gasteiger partial charge in [0.15, 0.2) is 0 Å². The van der Waals surface area contributed by atoms with E-state index in [1.807, 2.05) is 13.8 Å². The summed E-state index contributed by atoms with van der Waals surface area (Å²) in [5, 5.41) is 0. The summed E-state index contributed by atoms with van der Waals surface area (Å²) in [4.78, 5) is 24.2. The van der Waals surface area contributed by atoms with Gasteiger partial charge in [-0.15, -0.1) is 0 Å². The van der Waals surface area contributed by atoms with Crippen LogP contribution in [0.15, 0.2) is 18.2 Å². The van der Waals surface area contributed by atoms with Crippen LogP contribution in [0, 0.1) is 11.7 Å². The first-order valence-corrected chi connectivity index (χ1v) is 7.42. The number of esters is 2. The Labute approximate surface area is 130 Å². The van der Waals surface area contributed by atoms with Crippen LogP contribution in [0.2, 0.25) is 0 Å². The molecule has 0 aliphatic rings. The molecule has 0 spiro atoms. The van der Waals surface area contributed by atoms with Crippen molar-refractivity contribution in [1.82, 2.24) is 0 Å². The van der Waals surface area contributed by atoms with E-state index < -0.39 is 23.4 Å². The van der Waals surface area contributed by atoms with E-state index in [2.05, 4.69) is 0 Å². The van der Waals surface area contributed by atoms with E-state index >= 15 is 0 Å². The van der Waals surface area contributed by atoms with Crippen LogP contribution in [0.1, 0.15) is 57.8 Å². The molecule has 0 bridgehead atoms. The maximum absolute atomic E-state index is 13.4.